The zero-order chi connectivity index (χ0) is 16.8. The van der Waals surface area contributed by atoms with Crippen LogP contribution in [0.15, 0.2) is 24.3 Å². The molecule has 1 amide bonds. The SMILES string of the molecule is COc1ccc([C@@H]2CCCN2C(=O)CSC[C@H]2CCCCO2)cc1. The van der Waals surface area contributed by atoms with Gasteiger partial charge in [0.2, 0.25) is 5.91 Å². The first-order chi connectivity index (χ1) is 11.8. The number of hydrogen-bond acceptors (Lipinski definition) is 4. The van der Waals surface area contributed by atoms with E-state index >= 15 is 0 Å². The van der Waals surface area contributed by atoms with Gasteiger partial charge in [-0.2, -0.15) is 0 Å². The van der Waals surface area contributed by atoms with E-state index in [-0.39, 0.29) is 11.9 Å². The van der Waals surface area contributed by atoms with Crippen LogP contribution in [0.25, 0.3) is 0 Å². The molecule has 0 unspecified atom stereocenters. The number of nitrogens with zero attached hydrogens (tertiary/aromatic N) is 1. The molecular weight excluding hydrogens is 322 g/mol. The maximum absolute atomic E-state index is 12.6. The molecule has 5 heteroatoms. The lowest BCUT2D eigenvalue weighted by atomic mass is 10.0. The standard InChI is InChI=1S/C19H27NO3S/c1-22-16-9-7-15(8-10-16)18-6-4-11-20(18)19(21)14-24-13-17-5-2-3-12-23-17/h7-10,17-18H,2-6,11-14H2,1H3/t17-,18+/m1/s1. The van der Waals surface area contributed by atoms with E-state index < -0.39 is 0 Å². The van der Waals surface area contributed by atoms with Crippen LogP contribution in [0.1, 0.15) is 43.7 Å². The third kappa shape index (κ3) is 4.45. The predicted molar refractivity (Wildman–Crippen MR) is 97.6 cm³/mol. The number of benzene rings is 1. The molecule has 2 saturated heterocycles. The average Bonchev–Trinajstić information content (AvgIpc) is 3.12. The largest absolute Gasteiger partial charge is 0.497 e. The Hall–Kier alpha value is -1.20. The molecule has 1 aromatic rings. The zero-order valence-corrected chi connectivity index (χ0v) is 15.2. The summed E-state index contributed by atoms with van der Waals surface area (Å²) in [6.45, 7) is 1.75. The average molecular weight is 349 g/mol. The topological polar surface area (TPSA) is 38.8 Å². The van der Waals surface area contributed by atoms with Gasteiger partial charge in [-0.1, -0.05) is 12.1 Å². The van der Waals surface area contributed by atoms with Gasteiger partial charge in [-0.05, 0) is 49.8 Å². The summed E-state index contributed by atoms with van der Waals surface area (Å²) < 4.78 is 11.0. The van der Waals surface area contributed by atoms with Gasteiger partial charge < -0.3 is 14.4 Å². The Morgan fingerprint density at radius 3 is 2.79 bits per heavy atom. The van der Waals surface area contributed by atoms with Gasteiger partial charge in [0, 0.05) is 18.9 Å². The Bertz CT molecular complexity index is 528. The van der Waals surface area contributed by atoms with Crippen molar-refractivity contribution in [2.75, 3.05) is 31.8 Å². The third-order valence-electron chi connectivity index (χ3n) is 4.88. The van der Waals surface area contributed by atoms with E-state index in [1.54, 1.807) is 18.9 Å². The van der Waals surface area contributed by atoms with Crippen LogP contribution in [0.5, 0.6) is 5.75 Å². The van der Waals surface area contributed by atoms with Crippen molar-refractivity contribution in [3.05, 3.63) is 29.8 Å². The molecule has 0 aliphatic carbocycles. The molecule has 2 heterocycles. The minimum atomic E-state index is 0.218. The highest BCUT2D eigenvalue weighted by atomic mass is 32.2. The maximum atomic E-state index is 12.6. The van der Waals surface area contributed by atoms with Gasteiger partial charge in [0.25, 0.3) is 0 Å². The highest BCUT2D eigenvalue weighted by Crippen LogP contribution is 2.33. The summed E-state index contributed by atoms with van der Waals surface area (Å²) >= 11 is 1.72. The molecule has 1 aromatic carbocycles. The molecular formula is C19H27NO3S. The van der Waals surface area contributed by atoms with E-state index in [9.17, 15) is 4.79 Å². The fourth-order valence-corrected chi connectivity index (χ4v) is 4.52. The molecule has 0 spiro atoms. The summed E-state index contributed by atoms with van der Waals surface area (Å²) in [6, 6.07) is 8.34. The van der Waals surface area contributed by atoms with E-state index in [0.717, 1.165) is 43.9 Å². The Balaban J connectivity index is 1.51. The Labute approximate surface area is 148 Å². The fourth-order valence-electron chi connectivity index (χ4n) is 3.54. The molecule has 0 aromatic heterocycles. The van der Waals surface area contributed by atoms with Crippen molar-refractivity contribution in [3.63, 3.8) is 0 Å². The minimum Gasteiger partial charge on any atom is -0.497 e. The number of ether oxygens (including phenoxy) is 2. The molecule has 2 atom stereocenters. The number of hydrogen-bond donors (Lipinski definition) is 0. The van der Waals surface area contributed by atoms with Gasteiger partial charge in [0.1, 0.15) is 5.75 Å². The van der Waals surface area contributed by atoms with Crippen molar-refractivity contribution < 1.29 is 14.3 Å². The number of likely N-dealkylation sites (tertiary alicyclic amines) is 1. The summed E-state index contributed by atoms with van der Waals surface area (Å²) in [5.74, 6) is 2.62. The highest BCUT2D eigenvalue weighted by molar-refractivity contribution is 7.99. The number of rotatable bonds is 6. The van der Waals surface area contributed by atoms with Gasteiger partial charge in [0.05, 0.1) is 25.0 Å². The molecule has 0 N–H and O–H groups in total. The number of amides is 1. The summed E-state index contributed by atoms with van der Waals surface area (Å²) in [5, 5.41) is 0. The van der Waals surface area contributed by atoms with Gasteiger partial charge in [-0.25, -0.2) is 0 Å². The van der Waals surface area contributed by atoms with Crippen LogP contribution in [0, 0.1) is 0 Å². The van der Waals surface area contributed by atoms with E-state index in [4.69, 9.17) is 9.47 Å². The fraction of sp³-hybridized carbons (Fsp3) is 0.632. The lowest BCUT2D eigenvalue weighted by Gasteiger charge is -2.26. The second kappa shape index (κ2) is 8.77. The van der Waals surface area contributed by atoms with Crippen LogP contribution in [0.3, 0.4) is 0 Å². The summed E-state index contributed by atoms with van der Waals surface area (Å²) in [6.07, 6.45) is 6.04. The van der Waals surface area contributed by atoms with Crippen LogP contribution < -0.4 is 4.74 Å². The normalized spacial score (nSPS) is 24.1. The Morgan fingerprint density at radius 2 is 2.08 bits per heavy atom. The van der Waals surface area contributed by atoms with Gasteiger partial charge in [0.15, 0.2) is 0 Å². The predicted octanol–water partition coefficient (Wildman–Crippen LogP) is 3.66. The smallest absolute Gasteiger partial charge is 0.233 e. The van der Waals surface area contributed by atoms with Crippen LogP contribution >= 0.6 is 11.8 Å². The van der Waals surface area contributed by atoms with Crippen molar-refractivity contribution in [1.29, 1.82) is 0 Å². The van der Waals surface area contributed by atoms with Crippen molar-refractivity contribution in [2.24, 2.45) is 0 Å². The summed E-state index contributed by atoms with van der Waals surface area (Å²) in [7, 11) is 1.67. The molecule has 132 valence electrons. The quantitative estimate of drug-likeness (QED) is 0.786. The number of carbonyl (C=O) groups excluding carboxylic acids is 1. The van der Waals surface area contributed by atoms with Crippen molar-refractivity contribution in [3.8, 4) is 5.75 Å². The van der Waals surface area contributed by atoms with Crippen molar-refractivity contribution in [2.45, 2.75) is 44.2 Å². The minimum absolute atomic E-state index is 0.218. The first-order valence-electron chi connectivity index (χ1n) is 8.90. The first-order valence-corrected chi connectivity index (χ1v) is 10.1. The second-order valence-electron chi connectivity index (χ2n) is 6.52. The lowest BCUT2D eigenvalue weighted by Crippen LogP contribution is -2.32. The van der Waals surface area contributed by atoms with Crippen LogP contribution in [-0.4, -0.2) is 48.7 Å². The van der Waals surface area contributed by atoms with E-state index in [0.29, 0.717) is 11.9 Å². The highest BCUT2D eigenvalue weighted by Gasteiger charge is 2.29. The number of thioether (sulfide) groups is 1. The molecule has 3 rings (SSSR count). The first kappa shape index (κ1) is 17.6. The van der Waals surface area contributed by atoms with Gasteiger partial charge in [-0.15, -0.1) is 11.8 Å². The molecule has 2 aliphatic rings. The van der Waals surface area contributed by atoms with E-state index in [2.05, 4.69) is 17.0 Å². The van der Waals surface area contributed by atoms with Crippen LogP contribution in [0.4, 0.5) is 0 Å². The molecule has 2 fully saturated rings. The van der Waals surface area contributed by atoms with Crippen molar-refractivity contribution >= 4 is 17.7 Å². The molecule has 24 heavy (non-hydrogen) atoms. The molecule has 2 aliphatic heterocycles. The molecule has 0 saturated carbocycles. The molecule has 4 nitrogen and oxygen atoms in total. The van der Waals surface area contributed by atoms with Gasteiger partial charge in [-0.3, -0.25) is 4.79 Å². The summed E-state index contributed by atoms with van der Waals surface area (Å²) in [5.41, 5.74) is 1.21. The number of carbonyl (C=O) groups is 1. The second-order valence-corrected chi connectivity index (χ2v) is 7.55. The monoisotopic (exact) mass is 349 g/mol. The maximum Gasteiger partial charge on any atom is 0.233 e. The van der Waals surface area contributed by atoms with Crippen LogP contribution in [0.2, 0.25) is 0 Å². The Morgan fingerprint density at radius 1 is 1.25 bits per heavy atom. The van der Waals surface area contributed by atoms with Gasteiger partial charge >= 0.3 is 0 Å². The summed E-state index contributed by atoms with van der Waals surface area (Å²) in [4.78, 5) is 14.7. The van der Waals surface area contributed by atoms with E-state index in [1.807, 2.05) is 12.1 Å². The van der Waals surface area contributed by atoms with E-state index in [1.165, 1.54) is 18.4 Å². The zero-order valence-electron chi connectivity index (χ0n) is 14.4. The molecule has 0 bridgehead atoms. The molecule has 0 radical (unpaired) electrons. The number of methoxy groups -OCH3 is 1. The van der Waals surface area contributed by atoms with Crippen LogP contribution in [-0.2, 0) is 9.53 Å². The lowest BCUT2D eigenvalue weighted by molar-refractivity contribution is -0.129. The third-order valence-corrected chi connectivity index (χ3v) is 5.94. The van der Waals surface area contributed by atoms with Crippen molar-refractivity contribution in [1.82, 2.24) is 4.90 Å². The Kier molecular flexibility index (Phi) is 6.44.